The molecule has 1 aliphatic rings. The molecule has 1 aromatic carbocycles. The molecule has 2 N–H and O–H groups in total. The second-order valence-corrected chi connectivity index (χ2v) is 10.2. The summed E-state index contributed by atoms with van der Waals surface area (Å²) in [4.78, 5) is 38.1. The fourth-order valence-corrected chi connectivity index (χ4v) is 4.32. The quantitative estimate of drug-likeness (QED) is 0.385. The Labute approximate surface area is 224 Å². The number of ether oxygens (including phenoxy) is 3. The van der Waals surface area contributed by atoms with E-state index in [0.29, 0.717) is 16.6 Å². The number of hydrogen-bond donors (Lipinski definition) is 2. The summed E-state index contributed by atoms with van der Waals surface area (Å²) < 4.78 is 45.6. The van der Waals surface area contributed by atoms with Crippen molar-refractivity contribution in [1.82, 2.24) is 14.9 Å². The van der Waals surface area contributed by atoms with E-state index in [9.17, 15) is 18.4 Å². The van der Waals surface area contributed by atoms with Crippen molar-refractivity contribution in [1.29, 1.82) is 0 Å². The number of carbonyl (C=O) groups is 2. The fourth-order valence-electron chi connectivity index (χ4n) is 4.32. The molecular weight excluding hydrogens is 512 g/mol. The third kappa shape index (κ3) is 6.00. The molecule has 12 heteroatoms. The van der Waals surface area contributed by atoms with Crippen molar-refractivity contribution in [3.63, 3.8) is 0 Å². The number of aromatic amines is 1. The van der Waals surface area contributed by atoms with Gasteiger partial charge in [0.25, 0.3) is 5.91 Å². The van der Waals surface area contributed by atoms with Gasteiger partial charge in [0, 0.05) is 23.8 Å². The van der Waals surface area contributed by atoms with Crippen LogP contribution in [0.15, 0.2) is 18.2 Å². The molecule has 1 aliphatic heterocycles. The summed E-state index contributed by atoms with van der Waals surface area (Å²) in [6.45, 7) is 14.1. The molecule has 0 fully saturated rings. The molecule has 2 amide bonds. The summed E-state index contributed by atoms with van der Waals surface area (Å²) in [6, 6.07) is 2.83. The van der Waals surface area contributed by atoms with Crippen LogP contribution in [0.4, 0.5) is 25.1 Å². The monoisotopic (exact) mass is 541 g/mol. The van der Waals surface area contributed by atoms with Crippen molar-refractivity contribution < 1.29 is 32.6 Å². The molecule has 39 heavy (non-hydrogen) atoms. The molecule has 2 aromatic heterocycles. The number of aromatic nitrogens is 2. The topological polar surface area (TPSA) is 110 Å². The summed E-state index contributed by atoms with van der Waals surface area (Å²) in [5.41, 5.74) is 1.24. The van der Waals surface area contributed by atoms with Crippen molar-refractivity contribution in [2.24, 2.45) is 0 Å². The summed E-state index contributed by atoms with van der Waals surface area (Å²) in [7, 11) is 1.46. The summed E-state index contributed by atoms with van der Waals surface area (Å²) >= 11 is 0. The van der Waals surface area contributed by atoms with E-state index < -0.39 is 41.8 Å². The Bertz CT molecular complexity index is 1450. The minimum absolute atomic E-state index is 0.112. The molecule has 4 rings (SSSR count). The van der Waals surface area contributed by atoms with E-state index in [2.05, 4.69) is 20.1 Å². The lowest BCUT2D eigenvalue weighted by molar-refractivity contribution is 0.0531. The number of anilines is 1. The van der Waals surface area contributed by atoms with Crippen LogP contribution in [0.2, 0.25) is 0 Å². The van der Waals surface area contributed by atoms with Crippen LogP contribution >= 0.6 is 0 Å². The van der Waals surface area contributed by atoms with Gasteiger partial charge in [-0.25, -0.2) is 23.4 Å². The SMILES string of the molecule is [C-]#[N+]c1cc(F)c(CN(C(=O)c2cc3nc(NC(=O)OC(C)(C)C)c4c(c3[nH]2)COC4)[C@H](C)COC)c(F)c1. The minimum Gasteiger partial charge on any atom is -0.444 e. The first-order chi connectivity index (χ1) is 18.4. The number of H-pyrrole nitrogens is 1. The van der Waals surface area contributed by atoms with Gasteiger partial charge in [0.05, 0.1) is 50.0 Å². The van der Waals surface area contributed by atoms with Gasteiger partial charge in [0.1, 0.15) is 28.7 Å². The number of fused-ring (bicyclic) bond motifs is 3. The second-order valence-electron chi connectivity index (χ2n) is 10.2. The van der Waals surface area contributed by atoms with Crippen LogP contribution in [0.3, 0.4) is 0 Å². The number of methoxy groups -OCH3 is 1. The lowest BCUT2D eigenvalue weighted by Gasteiger charge is -2.29. The molecule has 206 valence electrons. The molecule has 0 spiro atoms. The maximum Gasteiger partial charge on any atom is 0.413 e. The van der Waals surface area contributed by atoms with E-state index >= 15 is 0 Å². The van der Waals surface area contributed by atoms with Gasteiger partial charge >= 0.3 is 6.09 Å². The number of amides is 2. The number of nitrogens with zero attached hydrogens (tertiary/aromatic N) is 3. The molecule has 0 bridgehead atoms. The first-order valence-corrected chi connectivity index (χ1v) is 12.2. The van der Waals surface area contributed by atoms with Crippen LogP contribution < -0.4 is 5.32 Å². The Morgan fingerprint density at radius 1 is 1.23 bits per heavy atom. The summed E-state index contributed by atoms with van der Waals surface area (Å²) in [6.07, 6.45) is -0.678. The third-order valence-electron chi connectivity index (χ3n) is 6.11. The zero-order valence-corrected chi connectivity index (χ0v) is 22.3. The molecule has 0 aliphatic carbocycles. The average Bonchev–Trinajstić information content (AvgIpc) is 3.49. The molecule has 0 radical (unpaired) electrons. The van der Waals surface area contributed by atoms with E-state index in [0.717, 1.165) is 17.7 Å². The van der Waals surface area contributed by atoms with E-state index in [1.807, 2.05) is 0 Å². The van der Waals surface area contributed by atoms with Gasteiger partial charge in [-0.1, -0.05) is 0 Å². The van der Waals surface area contributed by atoms with Crippen molar-refractivity contribution >= 4 is 34.5 Å². The number of pyridine rings is 1. The van der Waals surface area contributed by atoms with E-state index in [1.165, 1.54) is 18.1 Å². The van der Waals surface area contributed by atoms with Crippen molar-refractivity contribution in [2.45, 2.75) is 59.1 Å². The van der Waals surface area contributed by atoms with Crippen LogP contribution in [-0.4, -0.2) is 52.2 Å². The zero-order valence-electron chi connectivity index (χ0n) is 22.3. The first kappa shape index (κ1) is 27.9. The number of nitrogens with one attached hydrogen (secondary N) is 2. The fraction of sp³-hybridized carbons (Fsp3) is 0.407. The van der Waals surface area contributed by atoms with Crippen molar-refractivity contribution in [3.05, 3.63) is 63.6 Å². The molecule has 0 saturated carbocycles. The van der Waals surface area contributed by atoms with Gasteiger partial charge in [-0.05, 0) is 45.9 Å². The summed E-state index contributed by atoms with van der Waals surface area (Å²) in [5, 5.41) is 2.66. The van der Waals surface area contributed by atoms with E-state index in [1.54, 1.807) is 27.7 Å². The number of halogens is 2. The van der Waals surface area contributed by atoms with Crippen LogP contribution in [0.1, 0.15) is 54.9 Å². The highest BCUT2D eigenvalue weighted by molar-refractivity contribution is 5.99. The molecule has 0 saturated heterocycles. The van der Waals surface area contributed by atoms with E-state index in [-0.39, 0.29) is 42.6 Å². The van der Waals surface area contributed by atoms with Gasteiger partial charge < -0.3 is 24.1 Å². The van der Waals surface area contributed by atoms with Crippen molar-refractivity contribution in [2.75, 3.05) is 19.0 Å². The lowest BCUT2D eigenvalue weighted by atomic mass is 10.1. The zero-order chi connectivity index (χ0) is 28.5. The largest absolute Gasteiger partial charge is 0.444 e. The van der Waals surface area contributed by atoms with Crippen LogP contribution in [0, 0.1) is 18.2 Å². The molecule has 0 unspecified atom stereocenters. The maximum atomic E-state index is 14.7. The Balaban J connectivity index is 1.70. The predicted octanol–water partition coefficient (Wildman–Crippen LogP) is 5.45. The molecule has 3 heterocycles. The number of rotatable bonds is 7. The predicted molar refractivity (Wildman–Crippen MR) is 138 cm³/mol. The second kappa shape index (κ2) is 11.0. The minimum atomic E-state index is -0.922. The molecule has 1 atom stereocenters. The van der Waals surface area contributed by atoms with Gasteiger partial charge in [-0.15, -0.1) is 0 Å². The van der Waals surface area contributed by atoms with Gasteiger partial charge in [-0.3, -0.25) is 10.1 Å². The molecular formula is C27H29F2N5O5. The van der Waals surface area contributed by atoms with Crippen molar-refractivity contribution in [3.8, 4) is 0 Å². The van der Waals surface area contributed by atoms with Gasteiger partial charge in [0.15, 0.2) is 5.69 Å². The summed E-state index contributed by atoms with van der Waals surface area (Å²) in [5.74, 6) is -2.13. The lowest BCUT2D eigenvalue weighted by Crippen LogP contribution is -2.41. The Kier molecular flexibility index (Phi) is 7.85. The third-order valence-corrected chi connectivity index (χ3v) is 6.11. The molecule has 3 aromatic rings. The van der Waals surface area contributed by atoms with Gasteiger partial charge in [-0.2, -0.15) is 0 Å². The first-order valence-electron chi connectivity index (χ1n) is 12.2. The number of carbonyl (C=O) groups excluding carboxylic acids is 2. The average molecular weight is 542 g/mol. The normalized spacial score (nSPS) is 13.6. The smallest absolute Gasteiger partial charge is 0.413 e. The van der Waals surface area contributed by atoms with Crippen LogP contribution in [0.25, 0.3) is 15.9 Å². The highest BCUT2D eigenvalue weighted by Gasteiger charge is 2.29. The highest BCUT2D eigenvalue weighted by Crippen LogP contribution is 2.33. The Morgan fingerprint density at radius 2 is 1.90 bits per heavy atom. The Morgan fingerprint density at radius 3 is 2.51 bits per heavy atom. The van der Waals surface area contributed by atoms with E-state index in [4.69, 9.17) is 20.8 Å². The Hall–Kier alpha value is -4.08. The maximum absolute atomic E-state index is 14.7. The van der Waals surface area contributed by atoms with Crippen LogP contribution in [-0.2, 0) is 34.0 Å². The standard InChI is InChI=1S/C27H29F2N5O5/c1-14(11-37-6)34(10-16-19(28)7-15(30-5)8-20(16)29)25(35)22-9-21-23(31-22)17-12-38-13-18(17)24(32-21)33-26(36)39-27(2,3)4/h7-9,14,31H,10-13H2,1-4,6H3,(H,32,33,36)/t14-/m1/s1. The highest BCUT2D eigenvalue weighted by atomic mass is 19.1. The number of benzene rings is 1. The molecule has 10 nitrogen and oxygen atoms in total. The van der Waals surface area contributed by atoms with Gasteiger partial charge in [0.2, 0.25) is 0 Å². The van der Waals surface area contributed by atoms with Crippen LogP contribution in [0.5, 0.6) is 0 Å². The number of hydrogen-bond acceptors (Lipinski definition) is 6.